The maximum Gasteiger partial charge on any atom is 0.321 e. The van der Waals surface area contributed by atoms with E-state index in [4.69, 9.17) is 14.2 Å². The van der Waals surface area contributed by atoms with E-state index in [0.717, 1.165) is 19.3 Å². The van der Waals surface area contributed by atoms with Crippen LogP contribution in [0.5, 0.6) is 0 Å². The lowest BCUT2D eigenvalue weighted by Gasteiger charge is -2.33. The molecule has 0 aromatic heterocycles. The second-order valence-electron chi connectivity index (χ2n) is 5.86. The van der Waals surface area contributed by atoms with Gasteiger partial charge in [0.05, 0.1) is 5.92 Å². The molecule has 19 heavy (non-hydrogen) atoms. The van der Waals surface area contributed by atoms with Crippen LogP contribution in [-0.2, 0) is 28.6 Å². The quantitative estimate of drug-likeness (QED) is 0.382. The number of rotatable bonds is 1. The molecule has 0 bridgehead atoms. The standard InChI is InChI=1S/C13H14O6/c1-5(14)17-9-8-7(11(15)18-12(8)16)6-3-2-4-13(6)10(9)19-13/h6-10H,2-4H2,1H3/t6-,7+,8-,9+,10+,13-/m0/s1. The van der Waals surface area contributed by atoms with Crippen molar-refractivity contribution in [2.45, 2.75) is 44.0 Å². The monoisotopic (exact) mass is 266 g/mol. The molecule has 0 N–H and O–H groups in total. The first kappa shape index (κ1) is 11.4. The van der Waals surface area contributed by atoms with Gasteiger partial charge in [0.1, 0.15) is 23.7 Å². The van der Waals surface area contributed by atoms with Gasteiger partial charge in [0.15, 0.2) is 0 Å². The van der Waals surface area contributed by atoms with Crippen molar-refractivity contribution in [1.82, 2.24) is 0 Å². The largest absolute Gasteiger partial charge is 0.459 e. The zero-order valence-corrected chi connectivity index (χ0v) is 10.5. The lowest BCUT2D eigenvalue weighted by atomic mass is 9.67. The Morgan fingerprint density at radius 2 is 2.05 bits per heavy atom. The average molecular weight is 266 g/mol. The summed E-state index contributed by atoms with van der Waals surface area (Å²) in [4.78, 5) is 35.0. The minimum Gasteiger partial charge on any atom is -0.459 e. The van der Waals surface area contributed by atoms with Crippen molar-refractivity contribution < 1.29 is 28.6 Å². The molecular formula is C13H14O6. The second kappa shape index (κ2) is 3.36. The van der Waals surface area contributed by atoms with E-state index in [9.17, 15) is 14.4 Å². The van der Waals surface area contributed by atoms with Crippen LogP contribution in [0.3, 0.4) is 0 Å². The summed E-state index contributed by atoms with van der Waals surface area (Å²) in [7, 11) is 0. The Bertz CT molecular complexity index is 499. The van der Waals surface area contributed by atoms with E-state index in [1.165, 1.54) is 6.92 Å². The molecule has 0 amide bonds. The SMILES string of the molecule is CC(=O)O[C@@H]1[C@H]2C(=O)OC(=O)[C@@H]2[C@@H]2CCC[C@]23O[C@H]13. The third kappa shape index (κ3) is 1.27. The van der Waals surface area contributed by atoms with Gasteiger partial charge < -0.3 is 14.2 Å². The number of cyclic esters (lactones) is 2. The minimum atomic E-state index is -0.680. The number of hydrogen-bond acceptors (Lipinski definition) is 6. The molecule has 0 unspecified atom stereocenters. The van der Waals surface area contributed by atoms with Crippen LogP contribution < -0.4 is 0 Å². The van der Waals surface area contributed by atoms with Gasteiger partial charge >= 0.3 is 17.9 Å². The highest BCUT2D eigenvalue weighted by molar-refractivity contribution is 5.97. The van der Waals surface area contributed by atoms with E-state index < -0.39 is 35.8 Å². The third-order valence-corrected chi connectivity index (χ3v) is 5.00. The summed E-state index contributed by atoms with van der Waals surface area (Å²) in [5, 5.41) is 0. The first-order chi connectivity index (χ1) is 9.04. The summed E-state index contributed by atoms with van der Waals surface area (Å²) >= 11 is 0. The molecule has 2 saturated heterocycles. The molecule has 4 fully saturated rings. The fraction of sp³-hybridized carbons (Fsp3) is 0.769. The predicted molar refractivity (Wildman–Crippen MR) is 58.6 cm³/mol. The first-order valence-corrected chi connectivity index (χ1v) is 6.65. The first-order valence-electron chi connectivity index (χ1n) is 6.65. The van der Waals surface area contributed by atoms with Crippen LogP contribution in [0.25, 0.3) is 0 Å². The molecule has 6 atom stereocenters. The molecule has 0 radical (unpaired) electrons. The molecule has 1 spiro atoms. The fourth-order valence-electron chi connectivity index (χ4n) is 4.36. The van der Waals surface area contributed by atoms with E-state index >= 15 is 0 Å². The van der Waals surface area contributed by atoms with Crippen molar-refractivity contribution in [1.29, 1.82) is 0 Å². The van der Waals surface area contributed by atoms with Crippen LogP contribution in [0, 0.1) is 17.8 Å². The molecule has 6 heteroatoms. The van der Waals surface area contributed by atoms with Crippen LogP contribution in [0.4, 0.5) is 0 Å². The maximum atomic E-state index is 11.9. The lowest BCUT2D eigenvalue weighted by molar-refractivity contribution is -0.158. The Hall–Kier alpha value is -1.43. The number of epoxide rings is 1. The smallest absolute Gasteiger partial charge is 0.321 e. The van der Waals surface area contributed by atoms with E-state index in [1.54, 1.807) is 0 Å². The number of hydrogen-bond donors (Lipinski definition) is 0. The Morgan fingerprint density at radius 1 is 1.32 bits per heavy atom. The predicted octanol–water partition coefficient (Wildman–Crippen LogP) is 0.185. The van der Waals surface area contributed by atoms with Gasteiger partial charge in [-0.1, -0.05) is 6.42 Å². The minimum absolute atomic E-state index is 0.0354. The summed E-state index contributed by atoms with van der Waals surface area (Å²) in [6.07, 6.45) is 1.79. The summed E-state index contributed by atoms with van der Waals surface area (Å²) < 4.78 is 15.8. The third-order valence-electron chi connectivity index (χ3n) is 5.00. The van der Waals surface area contributed by atoms with Crippen molar-refractivity contribution in [3.63, 3.8) is 0 Å². The van der Waals surface area contributed by atoms with Crippen molar-refractivity contribution in [3.8, 4) is 0 Å². The van der Waals surface area contributed by atoms with Crippen molar-refractivity contribution in [2.24, 2.45) is 17.8 Å². The van der Waals surface area contributed by atoms with E-state index in [1.807, 2.05) is 0 Å². The topological polar surface area (TPSA) is 82.2 Å². The maximum absolute atomic E-state index is 11.9. The van der Waals surface area contributed by atoms with Crippen molar-refractivity contribution in [3.05, 3.63) is 0 Å². The van der Waals surface area contributed by atoms with Gasteiger partial charge in [-0.15, -0.1) is 0 Å². The molecule has 4 aliphatic rings. The Balaban J connectivity index is 1.75. The number of carbonyl (C=O) groups excluding carboxylic acids is 3. The molecule has 6 nitrogen and oxygen atoms in total. The molecule has 102 valence electrons. The molecule has 2 aliphatic heterocycles. The van der Waals surface area contributed by atoms with Gasteiger partial charge in [0.25, 0.3) is 0 Å². The number of fused-ring (bicyclic) bond motifs is 2. The Labute approximate surface area is 109 Å². The zero-order chi connectivity index (χ0) is 13.4. The van der Waals surface area contributed by atoms with E-state index in [-0.39, 0.29) is 17.6 Å². The second-order valence-corrected chi connectivity index (χ2v) is 5.86. The molecule has 0 aromatic rings. The lowest BCUT2D eigenvalue weighted by Crippen LogP contribution is -2.50. The van der Waals surface area contributed by atoms with Crippen LogP contribution in [0.1, 0.15) is 26.2 Å². The van der Waals surface area contributed by atoms with Crippen LogP contribution in [0.2, 0.25) is 0 Å². The van der Waals surface area contributed by atoms with Crippen LogP contribution in [0.15, 0.2) is 0 Å². The zero-order valence-electron chi connectivity index (χ0n) is 10.5. The van der Waals surface area contributed by atoms with E-state index in [0.29, 0.717) is 0 Å². The molecule has 2 aliphatic carbocycles. The summed E-state index contributed by atoms with van der Waals surface area (Å²) in [6, 6.07) is 0. The molecule has 2 saturated carbocycles. The van der Waals surface area contributed by atoms with Crippen LogP contribution >= 0.6 is 0 Å². The van der Waals surface area contributed by atoms with Gasteiger partial charge in [-0.3, -0.25) is 14.4 Å². The highest BCUT2D eigenvalue weighted by atomic mass is 16.7. The fourth-order valence-corrected chi connectivity index (χ4v) is 4.36. The average Bonchev–Trinajstić information content (AvgIpc) is 2.77. The highest BCUT2D eigenvalue weighted by Gasteiger charge is 2.77. The van der Waals surface area contributed by atoms with Gasteiger partial charge in [0.2, 0.25) is 0 Å². The summed E-state index contributed by atoms with van der Waals surface area (Å²) in [5.74, 6) is -2.66. The summed E-state index contributed by atoms with van der Waals surface area (Å²) in [5.41, 5.74) is -0.356. The van der Waals surface area contributed by atoms with Crippen LogP contribution in [-0.4, -0.2) is 35.7 Å². The number of esters is 3. The Kier molecular flexibility index (Phi) is 2.02. The van der Waals surface area contributed by atoms with Crippen molar-refractivity contribution in [2.75, 3.05) is 0 Å². The summed E-state index contributed by atoms with van der Waals surface area (Å²) in [6.45, 7) is 1.30. The highest BCUT2D eigenvalue weighted by Crippen LogP contribution is 2.64. The molecular weight excluding hydrogens is 252 g/mol. The molecule has 4 rings (SSSR count). The molecule has 2 heterocycles. The number of carbonyl (C=O) groups is 3. The number of ether oxygens (including phenoxy) is 3. The normalized spacial score (nSPS) is 50.1. The van der Waals surface area contributed by atoms with Gasteiger partial charge in [-0.05, 0) is 12.8 Å². The Morgan fingerprint density at radius 3 is 2.79 bits per heavy atom. The van der Waals surface area contributed by atoms with Gasteiger partial charge in [-0.25, -0.2) is 0 Å². The van der Waals surface area contributed by atoms with Gasteiger partial charge in [-0.2, -0.15) is 0 Å². The van der Waals surface area contributed by atoms with Gasteiger partial charge in [0, 0.05) is 12.8 Å². The molecule has 0 aromatic carbocycles. The van der Waals surface area contributed by atoms with E-state index in [2.05, 4.69) is 0 Å². The van der Waals surface area contributed by atoms with Crippen molar-refractivity contribution >= 4 is 17.9 Å².